The molecular weight excluding hydrogens is 299 g/mol. The van der Waals surface area contributed by atoms with E-state index in [1.807, 2.05) is 12.1 Å². The smallest absolute Gasteiger partial charge is 0.257 e. The van der Waals surface area contributed by atoms with Crippen LogP contribution in [0.25, 0.3) is 0 Å². The van der Waals surface area contributed by atoms with Crippen LogP contribution < -0.4 is 11.1 Å². The average Bonchev–Trinajstić information content (AvgIpc) is 2.38. The zero-order valence-electron chi connectivity index (χ0n) is 10.4. The van der Waals surface area contributed by atoms with E-state index in [1.165, 1.54) is 6.07 Å². The van der Waals surface area contributed by atoms with Crippen LogP contribution in [0.4, 0.5) is 5.82 Å². The lowest BCUT2D eigenvalue weighted by molar-refractivity contribution is 0.102. The predicted octanol–water partition coefficient (Wildman–Crippen LogP) is 2.54. The Balaban J connectivity index is 2.23. The van der Waals surface area contributed by atoms with Gasteiger partial charge < -0.3 is 11.1 Å². The molecule has 2 rings (SSSR count). The number of aromatic nitrogens is 2. The van der Waals surface area contributed by atoms with E-state index in [0.717, 1.165) is 5.56 Å². The van der Waals surface area contributed by atoms with E-state index >= 15 is 0 Å². The molecule has 2 aromatic rings. The molecule has 1 aromatic carbocycles. The fourth-order valence-electron chi connectivity index (χ4n) is 1.75. The molecule has 0 saturated heterocycles. The van der Waals surface area contributed by atoms with Gasteiger partial charge in [-0.2, -0.15) is 0 Å². The molecule has 0 aliphatic heterocycles. The van der Waals surface area contributed by atoms with Gasteiger partial charge in [-0.15, -0.1) is 0 Å². The van der Waals surface area contributed by atoms with Crippen LogP contribution in [0.15, 0.2) is 30.3 Å². The highest BCUT2D eigenvalue weighted by Crippen LogP contribution is 2.16. The number of carbonyl (C=O) groups excluding carboxylic acids is 1. The second kappa shape index (κ2) is 6.65. The van der Waals surface area contributed by atoms with Crippen molar-refractivity contribution >= 4 is 34.9 Å². The summed E-state index contributed by atoms with van der Waals surface area (Å²) in [7, 11) is 0. The summed E-state index contributed by atoms with van der Waals surface area (Å²) in [5, 5.41) is 2.78. The number of nitrogens with two attached hydrogens (primary N) is 1. The summed E-state index contributed by atoms with van der Waals surface area (Å²) in [6.45, 7) is 0.468. The topological polar surface area (TPSA) is 80.9 Å². The van der Waals surface area contributed by atoms with Gasteiger partial charge >= 0.3 is 0 Å². The van der Waals surface area contributed by atoms with E-state index in [4.69, 9.17) is 28.9 Å². The number of benzene rings is 1. The van der Waals surface area contributed by atoms with Crippen molar-refractivity contribution < 1.29 is 4.79 Å². The van der Waals surface area contributed by atoms with Gasteiger partial charge in [-0.25, -0.2) is 9.97 Å². The first-order valence-corrected chi connectivity index (χ1v) is 6.65. The largest absolute Gasteiger partial charge is 0.330 e. The standard InChI is InChI=1S/C13H12Cl2N4O/c14-10-7-11(19-13(15)17-10)18-12(20)9-4-2-1-3-8(9)5-6-16/h1-4,7H,5-6,16H2,(H,17,18,19,20). The van der Waals surface area contributed by atoms with E-state index < -0.39 is 0 Å². The van der Waals surface area contributed by atoms with Gasteiger partial charge in [0.1, 0.15) is 11.0 Å². The molecule has 0 radical (unpaired) electrons. The molecule has 3 N–H and O–H groups in total. The second-order valence-electron chi connectivity index (χ2n) is 3.99. The third-order valence-corrected chi connectivity index (χ3v) is 2.95. The molecule has 0 saturated carbocycles. The SMILES string of the molecule is NCCc1ccccc1C(=O)Nc1cc(Cl)nc(Cl)n1. The van der Waals surface area contributed by atoms with E-state index in [1.54, 1.807) is 12.1 Å². The molecule has 1 heterocycles. The molecule has 0 unspecified atom stereocenters. The fraction of sp³-hybridized carbons (Fsp3) is 0.154. The molecule has 0 aliphatic rings. The second-order valence-corrected chi connectivity index (χ2v) is 4.72. The van der Waals surface area contributed by atoms with E-state index in [-0.39, 0.29) is 22.2 Å². The van der Waals surface area contributed by atoms with Crippen LogP contribution in [0.3, 0.4) is 0 Å². The lowest BCUT2D eigenvalue weighted by atomic mass is 10.0. The van der Waals surface area contributed by atoms with Gasteiger partial charge in [0.2, 0.25) is 5.28 Å². The summed E-state index contributed by atoms with van der Waals surface area (Å²) < 4.78 is 0. The Bertz CT molecular complexity index is 613. The molecule has 5 nitrogen and oxygen atoms in total. The Morgan fingerprint density at radius 1 is 1.25 bits per heavy atom. The summed E-state index contributed by atoms with van der Waals surface area (Å²) in [6.07, 6.45) is 0.620. The van der Waals surface area contributed by atoms with Crippen LogP contribution in [0.1, 0.15) is 15.9 Å². The van der Waals surface area contributed by atoms with Crippen LogP contribution in [0.2, 0.25) is 10.4 Å². The number of carbonyl (C=O) groups is 1. The van der Waals surface area contributed by atoms with Gasteiger partial charge in [0.05, 0.1) is 0 Å². The molecule has 1 aromatic heterocycles. The van der Waals surface area contributed by atoms with Crippen molar-refractivity contribution in [2.75, 3.05) is 11.9 Å². The number of nitrogens with zero attached hydrogens (tertiary/aromatic N) is 2. The molecule has 0 aliphatic carbocycles. The lowest BCUT2D eigenvalue weighted by Crippen LogP contribution is -2.16. The molecule has 1 amide bonds. The number of halogens is 2. The Morgan fingerprint density at radius 3 is 2.70 bits per heavy atom. The van der Waals surface area contributed by atoms with Gasteiger partial charge in [-0.3, -0.25) is 4.79 Å². The number of anilines is 1. The van der Waals surface area contributed by atoms with Crippen LogP contribution in [-0.4, -0.2) is 22.4 Å². The minimum Gasteiger partial charge on any atom is -0.330 e. The Hall–Kier alpha value is -1.69. The lowest BCUT2D eigenvalue weighted by Gasteiger charge is -2.09. The number of rotatable bonds is 4. The van der Waals surface area contributed by atoms with Gasteiger partial charge in [-0.1, -0.05) is 29.8 Å². The summed E-state index contributed by atoms with van der Waals surface area (Å²) in [5.41, 5.74) is 6.95. The zero-order chi connectivity index (χ0) is 14.5. The molecule has 0 bridgehead atoms. The van der Waals surface area contributed by atoms with Crippen molar-refractivity contribution in [3.8, 4) is 0 Å². The number of hydrogen-bond acceptors (Lipinski definition) is 4. The van der Waals surface area contributed by atoms with Gasteiger partial charge in [0, 0.05) is 11.6 Å². The first-order valence-electron chi connectivity index (χ1n) is 5.89. The van der Waals surface area contributed by atoms with E-state index in [2.05, 4.69) is 15.3 Å². The number of nitrogens with one attached hydrogen (secondary N) is 1. The van der Waals surface area contributed by atoms with E-state index in [0.29, 0.717) is 18.5 Å². The Kier molecular flexibility index (Phi) is 4.89. The minimum atomic E-state index is -0.292. The van der Waals surface area contributed by atoms with Crippen LogP contribution >= 0.6 is 23.2 Å². The van der Waals surface area contributed by atoms with Crippen molar-refractivity contribution in [3.05, 3.63) is 51.9 Å². The van der Waals surface area contributed by atoms with Crippen molar-refractivity contribution in [1.82, 2.24) is 9.97 Å². The highest BCUT2D eigenvalue weighted by Gasteiger charge is 2.12. The summed E-state index contributed by atoms with van der Waals surface area (Å²) in [5.74, 6) is -0.0394. The Morgan fingerprint density at radius 2 is 2.00 bits per heavy atom. The van der Waals surface area contributed by atoms with Crippen molar-refractivity contribution in [3.63, 3.8) is 0 Å². The maximum Gasteiger partial charge on any atom is 0.257 e. The van der Waals surface area contributed by atoms with Crippen molar-refractivity contribution in [2.24, 2.45) is 5.73 Å². The predicted molar refractivity (Wildman–Crippen MR) is 79.2 cm³/mol. The van der Waals surface area contributed by atoms with Crippen molar-refractivity contribution in [1.29, 1.82) is 0 Å². The fourth-order valence-corrected chi connectivity index (χ4v) is 2.16. The maximum atomic E-state index is 12.2. The minimum absolute atomic E-state index is 0.0250. The van der Waals surface area contributed by atoms with Crippen LogP contribution in [0, 0.1) is 0 Å². The summed E-state index contributed by atoms with van der Waals surface area (Å²) in [6, 6.07) is 8.67. The van der Waals surface area contributed by atoms with E-state index in [9.17, 15) is 4.79 Å². The molecule has 0 atom stereocenters. The quantitative estimate of drug-likeness (QED) is 0.671. The first-order chi connectivity index (χ1) is 9.60. The third kappa shape index (κ3) is 3.66. The molecule has 0 fully saturated rings. The van der Waals surface area contributed by atoms with Gasteiger partial charge in [0.25, 0.3) is 5.91 Å². The molecule has 104 valence electrons. The van der Waals surface area contributed by atoms with Gasteiger partial charge in [0.15, 0.2) is 0 Å². The highest BCUT2D eigenvalue weighted by molar-refractivity contribution is 6.32. The molecular formula is C13H12Cl2N4O. The third-order valence-electron chi connectivity index (χ3n) is 2.58. The number of amides is 1. The maximum absolute atomic E-state index is 12.2. The first kappa shape index (κ1) is 14.7. The monoisotopic (exact) mass is 310 g/mol. The van der Waals surface area contributed by atoms with Gasteiger partial charge in [-0.05, 0) is 36.2 Å². The Labute approximate surface area is 126 Å². The summed E-state index contributed by atoms with van der Waals surface area (Å²) >= 11 is 11.4. The van der Waals surface area contributed by atoms with Crippen molar-refractivity contribution in [2.45, 2.75) is 6.42 Å². The normalized spacial score (nSPS) is 10.3. The number of hydrogen-bond donors (Lipinski definition) is 2. The molecule has 0 spiro atoms. The average molecular weight is 311 g/mol. The van der Waals surface area contributed by atoms with Crippen LogP contribution in [0.5, 0.6) is 0 Å². The highest BCUT2D eigenvalue weighted by atomic mass is 35.5. The molecule has 20 heavy (non-hydrogen) atoms. The van der Waals surface area contributed by atoms with Crippen LogP contribution in [-0.2, 0) is 6.42 Å². The summed E-state index contributed by atoms with van der Waals surface area (Å²) in [4.78, 5) is 19.8. The zero-order valence-corrected chi connectivity index (χ0v) is 11.9. The molecule has 7 heteroatoms.